The van der Waals surface area contributed by atoms with Gasteiger partial charge in [-0.05, 0) is 38.5 Å². The molecule has 2 rings (SSSR count). The van der Waals surface area contributed by atoms with Gasteiger partial charge in [0.15, 0.2) is 0 Å². The topological polar surface area (TPSA) is 21.3 Å². The smallest absolute Gasteiger partial charge is 0.0713 e. The molecule has 1 heterocycles. The molecule has 1 aromatic carbocycles. The van der Waals surface area contributed by atoms with Crippen LogP contribution in [0, 0.1) is 0 Å². The van der Waals surface area contributed by atoms with Crippen molar-refractivity contribution in [2.75, 3.05) is 7.11 Å². The van der Waals surface area contributed by atoms with E-state index in [2.05, 4.69) is 57.0 Å². The van der Waals surface area contributed by atoms with Crippen LogP contribution in [0.5, 0.6) is 0 Å². The van der Waals surface area contributed by atoms with E-state index in [4.69, 9.17) is 4.74 Å². The lowest BCUT2D eigenvalue weighted by Gasteiger charge is -2.06. The average Bonchev–Trinajstić information content (AvgIpc) is 2.76. The quantitative estimate of drug-likeness (QED) is 0.868. The molecule has 96 valence electrons. The van der Waals surface area contributed by atoms with Gasteiger partial charge in [0, 0.05) is 29.5 Å². The zero-order valence-corrected chi connectivity index (χ0v) is 12.7. The number of nitrogens with one attached hydrogen (secondary N) is 1. The predicted octanol–water partition coefficient (Wildman–Crippen LogP) is 3.95. The number of hydrogen-bond donors (Lipinski definition) is 1. The molecule has 1 N–H and O–H groups in total. The second-order valence-electron chi connectivity index (χ2n) is 4.05. The standard InChI is InChI=1S/C14H16BrNOS/c1-17-10-12-4-2-3-11(7-12)8-16-9-14-13(15)5-6-18-14/h2-7,16H,8-10H2,1H3. The highest BCUT2D eigenvalue weighted by Crippen LogP contribution is 2.22. The zero-order valence-electron chi connectivity index (χ0n) is 10.3. The summed E-state index contributed by atoms with van der Waals surface area (Å²) < 4.78 is 6.33. The first-order valence-corrected chi connectivity index (χ1v) is 7.46. The largest absolute Gasteiger partial charge is 0.380 e. The molecule has 0 amide bonds. The van der Waals surface area contributed by atoms with E-state index in [-0.39, 0.29) is 0 Å². The fourth-order valence-electron chi connectivity index (χ4n) is 1.77. The van der Waals surface area contributed by atoms with E-state index < -0.39 is 0 Å². The number of methoxy groups -OCH3 is 1. The van der Waals surface area contributed by atoms with Gasteiger partial charge in [0.05, 0.1) is 6.61 Å². The number of thiophene rings is 1. The normalized spacial score (nSPS) is 10.8. The summed E-state index contributed by atoms with van der Waals surface area (Å²) in [6, 6.07) is 10.6. The summed E-state index contributed by atoms with van der Waals surface area (Å²) >= 11 is 5.31. The highest BCUT2D eigenvalue weighted by atomic mass is 79.9. The Kier molecular flexibility index (Phi) is 5.38. The molecule has 2 aromatic rings. The number of benzene rings is 1. The molecule has 0 aliphatic rings. The Morgan fingerprint density at radius 1 is 1.22 bits per heavy atom. The fraction of sp³-hybridized carbons (Fsp3) is 0.286. The maximum atomic E-state index is 5.14. The lowest BCUT2D eigenvalue weighted by Crippen LogP contribution is -2.12. The summed E-state index contributed by atoms with van der Waals surface area (Å²) in [5, 5.41) is 5.55. The van der Waals surface area contributed by atoms with Gasteiger partial charge in [-0.1, -0.05) is 24.3 Å². The molecule has 0 saturated carbocycles. The molecule has 0 aliphatic carbocycles. The summed E-state index contributed by atoms with van der Waals surface area (Å²) in [4.78, 5) is 1.34. The Bertz CT molecular complexity index is 498. The Balaban J connectivity index is 1.86. The van der Waals surface area contributed by atoms with Gasteiger partial charge in [-0.15, -0.1) is 11.3 Å². The van der Waals surface area contributed by atoms with Crippen LogP contribution in [0.3, 0.4) is 0 Å². The predicted molar refractivity (Wildman–Crippen MR) is 79.7 cm³/mol. The van der Waals surface area contributed by atoms with Crippen LogP contribution in [0.2, 0.25) is 0 Å². The van der Waals surface area contributed by atoms with Crippen molar-refractivity contribution < 1.29 is 4.74 Å². The third-order valence-corrected chi connectivity index (χ3v) is 4.53. The van der Waals surface area contributed by atoms with Gasteiger partial charge in [0.2, 0.25) is 0 Å². The number of ether oxygens (including phenoxy) is 1. The van der Waals surface area contributed by atoms with Crippen molar-refractivity contribution in [2.45, 2.75) is 19.7 Å². The van der Waals surface area contributed by atoms with Crippen molar-refractivity contribution in [2.24, 2.45) is 0 Å². The first-order chi connectivity index (χ1) is 8.79. The number of hydrogen-bond acceptors (Lipinski definition) is 3. The first kappa shape index (κ1) is 13.7. The number of halogens is 1. The van der Waals surface area contributed by atoms with E-state index in [1.54, 1.807) is 18.4 Å². The SMILES string of the molecule is COCc1cccc(CNCc2sccc2Br)c1. The molecular weight excluding hydrogens is 310 g/mol. The van der Waals surface area contributed by atoms with E-state index in [9.17, 15) is 0 Å². The van der Waals surface area contributed by atoms with E-state index in [1.165, 1.54) is 20.5 Å². The summed E-state index contributed by atoms with van der Waals surface area (Å²) in [6.07, 6.45) is 0. The second-order valence-corrected chi connectivity index (χ2v) is 5.90. The highest BCUT2D eigenvalue weighted by molar-refractivity contribution is 9.10. The lowest BCUT2D eigenvalue weighted by molar-refractivity contribution is 0.185. The fourth-order valence-corrected chi connectivity index (χ4v) is 3.23. The van der Waals surface area contributed by atoms with Crippen molar-refractivity contribution >= 4 is 27.3 Å². The molecule has 0 unspecified atom stereocenters. The third kappa shape index (κ3) is 3.92. The van der Waals surface area contributed by atoms with Crippen molar-refractivity contribution in [1.29, 1.82) is 0 Å². The number of rotatable bonds is 6. The molecule has 0 saturated heterocycles. The minimum atomic E-state index is 0.671. The minimum absolute atomic E-state index is 0.671. The van der Waals surface area contributed by atoms with Crippen molar-refractivity contribution in [3.8, 4) is 0 Å². The van der Waals surface area contributed by atoms with Crippen LogP contribution < -0.4 is 5.32 Å². The zero-order chi connectivity index (χ0) is 12.8. The maximum Gasteiger partial charge on any atom is 0.0713 e. The summed E-state index contributed by atoms with van der Waals surface area (Å²) in [6.45, 7) is 2.44. The first-order valence-electron chi connectivity index (χ1n) is 5.79. The van der Waals surface area contributed by atoms with Crippen LogP contribution in [0.4, 0.5) is 0 Å². The van der Waals surface area contributed by atoms with Crippen LogP contribution in [-0.4, -0.2) is 7.11 Å². The summed E-state index contributed by atoms with van der Waals surface area (Å²) in [7, 11) is 1.72. The average molecular weight is 326 g/mol. The van der Waals surface area contributed by atoms with Crippen LogP contribution >= 0.6 is 27.3 Å². The van der Waals surface area contributed by atoms with Gasteiger partial charge < -0.3 is 10.1 Å². The van der Waals surface area contributed by atoms with E-state index in [1.807, 2.05) is 0 Å². The summed E-state index contributed by atoms with van der Waals surface area (Å²) in [5.41, 5.74) is 2.51. The monoisotopic (exact) mass is 325 g/mol. The Labute approximate surface area is 120 Å². The Morgan fingerprint density at radius 3 is 2.78 bits per heavy atom. The molecule has 0 bridgehead atoms. The van der Waals surface area contributed by atoms with Gasteiger partial charge in [0.1, 0.15) is 0 Å². The molecule has 0 atom stereocenters. The summed E-state index contributed by atoms with van der Waals surface area (Å²) in [5.74, 6) is 0. The highest BCUT2D eigenvalue weighted by Gasteiger charge is 2.01. The molecule has 0 aliphatic heterocycles. The van der Waals surface area contributed by atoms with Gasteiger partial charge >= 0.3 is 0 Å². The van der Waals surface area contributed by atoms with E-state index in [0.29, 0.717) is 6.61 Å². The van der Waals surface area contributed by atoms with Gasteiger partial charge in [-0.3, -0.25) is 0 Å². The molecule has 18 heavy (non-hydrogen) atoms. The Hall–Kier alpha value is -0.680. The van der Waals surface area contributed by atoms with Crippen LogP contribution in [0.25, 0.3) is 0 Å². The van der Waals surface area contributed by atoms with Crippen LogP contribution in [-0.2, 0) is 24.4 Å². The third-order valence-electron chi connectivity index (χ3n) is 2.61. The molecule has 1 aromatic heterocycles. The van der Waals surface area contributed by atoms with Gasteiger partial charge in [-0.25, -0.2) is 0 Å². The molecule has 0 spiro atoms. The maximum absolute atomic E-state index is 5.14. The van der Waals surface area contributed by atoms with Gasteiger partial charge in [0.25, 0.3) is 0 Å². The van der Waals surface area contributed by atoms with Gasteiger partial charge in [-0.2, -0.15) is 0 Å². The second kappa shape index (κ2) is 7.04. The van der Waals surface area contributed by atoms with Crippen molar-refractivity contribution in [1.82, 2.24) is 5.32 Å². The molecule has 2 nitrogen and oxygen atoms in total. The van der Waals surface area contributed by atoms with E-state index >= 15 is 0 Å². The van der Waals surface area contributed by atoms with Crippen molar-refractivity contribution in [3.05, 3.63) is 56.2 Å². The molecule has 0 radical (unpaired) electrons. The molecular formula is C14H16BrNOS. The molecule has 0 fully saturated rings. The van der Waals surface area contributed by atoms with Crippen molar-refractivity contribution in [3.63, 3.8) is 0 Å². The lowest BCUT2D eigenvalue weighted by atomic mass is 10.1. The van der Waals surface area contributed by atoms with Crippen LogP contribution in [0.15, 0.2) is 40.2 Å². The minimum Gasteiger partial charge on any atom is -0.380 e. The van der Waals surface area contributed by atoms with Crippen LogP contribution in [0.1, 0.15) is 16.0 Å². The molecule has 4 heteroatoms. The Morgan fingerprint density at radius 2 is 2.06 bits per heavy atom. The van der Waals surface area contributed by atoms with E-state index in [0.717, 1.165) is 13.1 Å².